The second-order valence-electron chi connectivity index (χ2n) is 8.39. The molecule has 1 atom stereocenters. The number of carbonyl (C=O) groups excluding carboxylic acids is 2. The number of carbonyl (C=O) groups is 2. The fourth-order valence-corrected chi connectivity index (χ4v) is 4.42. The van der Waals surface area contributed by atoms with Crippen molar-refractivity contribution in [2.45, 2.75) is 38.1 Å². The third-order valence-corrected chi connectivity index (χ3v) is 6.30. The highest BCUT2D eigenvalue weighted by Crippen LogP contribution is 2.24. The molecule has 1 N–H and O–H groups in total. The van der Waals surface area contributed by atoms with Gasteiger partial charge < -0.3 is 10.2 Å². The van der Waals surface area contributed by atoms with Gasteiger partial charge in [0.25, 0.3) is 5.91 Å². The zero-order valence-electron chi connectivity index (χ0n) is 18.5. The lowest BCUT2D eigenvalue weighted by Gasteiger charge is -2.34. The van der Waals surface area contributed by atoms with E-state index in [1.807, 2.05) is 77.7 Å². The van der Waals surface area contributed by atoms with Crippen molar-refractivity contribution in [2.75, 3.05) is 13.1 Å². The molecule has 3 aromatic rings. The SMILES string of the molecule is CCC(C(=O)N1CCC(NC(=O)c2ccc(-c3ccccc3)cc2)CC1)c1ccccc1. The van der Waals surface area contributed by atoms with Crippen LogP contribution in [-0.4, -0.2) is 35.8 Å². The molecular weight excluding hydrogens is 396 g/mol. The Bertz CT molecular complexity index is 1020. The molecule has 2 amide bonds. The Morgan fingerprint density at radius 3 is 2.00 bits per heavy atom. The van der Waals surface area contributed by atoms with Crippen LogP contribution in [0.4, 0.5) is 0 Å². The number of nitrogens with zero attached hydrogens (tertiary/aromatic N) is 1. The fourth-order valence-electron chi connectivity index (χ4n) is 4.42. The number of piperidine rings is 1. The number of amides is 2. The van der Waals surface area contributed by atoms with Gasteiger partial charge in [-0.1, -0.05) is 79.7 Å². The Morgan fingerprint density at radius 1 is 0.844 bits per heavy atom. The zero-order chi connectivity index (χ0) is 22.3. The predicted molar refractivity (Wildman–Crippen MR) is 128 cm³/mol. The highest BCUT2D eigenvalue weighted by molar-refractivity contribution is 5.95. The molecule has 0 aliphatic carbocycles. The van der Waals surface area contributed by atoms with Crippen molar-refractivity contribution in [2.24, 2.45) is 0 Å². The van der Waals surface area contributed by atoms with Crippen molar-refractivity contribution in [3.8, 4) is 11.1 Å². The van der Waals surface area contributed by atoms with E-state index >= 15 is 0 Å². The van der Waals surface area contributed by atoms with Crippen LogP contribution >= 0.6 is 0 Å². The van der Waals surface area contributed by atoms with Crippen LogP contribution in [0, 0.1) is 0 Å². The first-order valence-corrected chi connectivity index (χ1v) is 11.5. The number of nitrogens with one attached hydrogen (secondary N) is 1. The molecule has 32 heavy (non-hydrogen) atoms. The lowest BCUT2D eigenvalue weighted by atomic mass is 9.93. The molecule has 4 heteroatoms. The minimum atomic E-state index is -0.0922. The van der Waals surface area contributed by atoms with Crippen molar-refractivity contribution < 1.29 is 9.59 Å². The second kappa shape index (κ2) is 10.3. The molecule has 0 radical (unpaired) electrons. The first kappa shape index (κ1) is 21.8. The highest BCUT2D eigenvalue weighted by Gasteiger charge is 2.28. The molecule has 4 nitrogen and oxygen atoms in total. The Morgan fingerprint density at radius 2 is 1.41 bits per heavy atom. The summed E-state index contributed by atoms with van der Waals surface area (Å²) in [5, 5.41) is 3.15. The summed E-state index contributed by atoms with van der Waals surface area (Å²) in [5.74, 6) is 0.0514. The van der Waals surface area contributed by atoms with Crippen molar-refractivity contribution >= 4 is 11.8 Å². The number of likely N-dealkylation sites (tertiary alicyclic amines) is 1. The molecule has 0 spiro atoms. The summed E-state index contributed by atoms with van der Waals surface area (Å²) in [6.45, 7) is 3.42. The molecule has 4 rings (SSSR count). The van der Waals surface area contributed by atoms with Gasteiger partial charge in [-0.3, -0.25) is 9.59 Å². The number of rotatable bonds is 6. The van der Waals surface area contributed by atoms with E-state index < -0.39 is 0 Å². The summed E-state index contributed by atoms with van der Waals surface area (Å²) in [6.07, 6.45) is 2.36. The molecule has 3 aromatic carbocycles. The fraction of sp³-hybridized carbons (Fsp3) is 0.286. The van der Waals surface area contributed by atoms with Gasteiger partial charge in [-0.25, -0.2) is 0 Å². The largest absolute Gasteiger partial charge is 0.349 e. The third kappa shape index (κ3) is 5.08. The van der Waals surface area contributed by atoms with E-state index in [1.165, 1.54) is 0 Å². The summed E-state index contributed by atoms with van der Waals surface area (Å²) in [6, 6.07) is 28.0. The van der Waals surface area contributed by atoms with Crippen LogP contribution in [0.5, 0.6) is 0 Å². The topological polar surface area (TPSA) is 49.4 Å². The molecule has 1 unspecified atom stereocenters. The molecule has 1 aliphatic heterocycles. The van der Waals surface area contributed by atoms with E-state index in [0.717, 1.165) is 36.0 Å². The van der Waals surface area contributed by atoms with Gasteiger partial charge in [-0.05, 0) is 48.1 Å². The monoisotopic (exact) mass is 426 g/mol. The molecule has 0 bridgehead atoms. The Balaban J connectivity index is 1.31. The molecule has 0 saturated carbocycles. The summed E-state index contributed by atoms with van der Waals surface area (Å²) in [4.78, 5) is 27.7. The first-order chi connectivity index (χ1) is 15.7. The van der Waals surface area contributed by atoms with Crippen LogP contribution in [0.2, 0.25) is 0 Å². The van der Waals surface area contributed by atoms with Gasteiger partial charge in [0, 0.05) is 24.7 Å². The average molecular weight is 427 g/mol. The van der Waals surface area contributed by atoms with E-state index in [-0.39, 0.29) is 23.8 Å². The summed E-state index contributed by atoms with van der Waals surface area (Å²) >= 11 is 0. The van der Waals surface area contributed by atoms with E-state index in [2.05, 4.69) is 24.4 Å². The minimum Gasteiger partial charge on any atom is -0.349 e. The zero-order valence-corrected chi connectivity index (χ0v) is 18.5. The molecule has 1 aliphatic rings. The first-order valence-electron chi connectivity index (χ1n) is 11.5. The smallest absolute Gasteiger partial charge is 0.251 e. The van der Waals surface area contributed by atoms with Crippen LogP contribution in [0.1, 0.15) is 48.0 Å². The van der Waals surface area contributed by atoms with Crippen LogP contribution in [-0.2, 0) is 4.79 Å². The molecule has 164 valence electrons. The van der Waals surface area contributed by atoms with Gasteiger partial charge in [-0.15, -0.1) is 0 Å². The molecule has 1 fully saturated rings. The standard InChI is InChI=1S/C28H30N2O2/c1-2-26(23-11-7-4-8-12-23)28(32)30-19-17-25(18-20-30)29-27(31)24-15-13-22(14-16-24)21-9-5-3-6-10-21/h3-16,25-26H,2,17-20H2,1H3,(H,29,31). The van der Waals surface area contributed by atoms with Gasteiger partial charge in [0.15, 0.2) is 0 Å². The number of benzene rings is 3. The molecular formula is C28H30N2O2. The Labute approximate surface area is 190 Å². The maximum Gasteiger partial charge on any atom is 0.251 e. The van der Waals surface area contributed by atoms with Crippen molar-refractivity contribution in [1.82, 2.24) is 10.2 Å². The van der Waals surface area contributed by atoms with Crippen molar-refractivity contribution in [3.05, 3.63) is 96.1 Å². The third-order valence-electron chi connectivity index (χ3n) is 6.30. The predicted octanol–water partition coefficient (Wildman–Crippen LogP) is 5.27. The summed E-state index contributed by atoms with van der Waals surface area (Å²) in [5.41, 5.74) is 3.97. The summed E-state index contributed by atoms with van der Waals surface area (Å²) in [7, 11) is 0. The average Bonchev–Trinajstić information content (AvgIpc) is 2.86. The van der Waals surface area contributed by atoms with Crippen molar-refractivity contribution in [3.63, 3.8) is 0 Å². The van der Waals surface area contributed by atoms with E-state index in [9.17, 15) is 9.59 Å². The van der Waals surface area contributed by atoms with Gasteiger partial charge in [0.2, 0.25) is 5.91 Å². The van der Waals surface area contributed by atoms with Crippen LogP contribution in [0.3, 0.4) is 0 Å². The maximum atomic E-state index is 13.1. The van der Waals surface area contributed by atoms with Gasteiger partial charge in [0.05, 0.1) is 5.92 Å². The number of hydrogen-bond acceptors (Lipinski definition) is 2. The molecule has 1 saturated heterocycles. The van der Waals surface area contributed by atoms with E-state index in [1.54, 1.807) is 0 Å². The second-order valence-corrected chi connectivity index (χ2v) is 8.39. The van der Waals surface area contributed by atoms with Gasteiger partial charge in [0.1, 0.15) is 0 Å². The van der Waals surface area contributed by atoms with E-state index in [4.69, 9.17) is 0 Å². The van der Waals surface area contributed by atoms with Crippen LogP contribution in [0.25, 0.3) is 11.1 Å². The number of hydrogen-bond donors (Lipinski definition) is 1. The molecule has 1 heterocycles. The van der Waals surface area contributed by atoms with Crippen LogP contribution < -0.4 is 5.32 Å². The quantitative estimate of drug-likeness (QED) is 0.584. The van der Waals surface area contributed by atoms with Gasteiger partial charge in [-0.2, -0.15) is 0 Å². The van der Waals surface area contributed by atoms with Gasteiger partial charge >= 0.3 is 0 Å². The highest BCUT2D eigenvalue weighted by atomic mass is 16.2. The lowest BCUT2D eigenvalue weighted by molar-refractivity contribution is -0.134. The Hall–Kier alpha value is -3.40. The summed E-state index contributed by atoms with van der Waals surface area (Å²) < 4.78 is 0. The lowest BCUT2D eigenvalue weighted by Crippen LogP contribution is -2.47. The Kier molecular flexibility index (Phi) is 7.00. The molecule has 0 aromatic heterocycles. The van der Waals surface area contributed by atoms with Crippen molar-refractivity contribution in [1.29, 1.82) is 0 Å². The van der Waals surface area contributed by atoms with Crippen LogP contribution in [0.15, 0.2) is 84.9 Å². The normalized spacial score (nSPS) is 15.2. The maximum absolute atomic E-state index is 13.1. The minimum absolute atomic E-state index is 0.0508. The van der Waals surface area contributed by atoms with E-state index in [0.29, 0.717) is 18.7 Å².